The second kappa shape index (κ2) is 6.40. The van der Waals surface area contributed by atoms with Crippen molar-refractivity contribution >= 4 is 21.9 Å². The lowest BCUT2D eigenvalue weighted by Crippen LogP contribution is -2.07. The molecule has 2 aromatic rings. The molecular formula is C13H11BrN2O3. The fourth-order valence-corrected chi connectivity index (χ4v) is 1.92. The lowest BCUT2D eigenvalue weighted by molar-refractivity contribution is 0.0680. The molecule has 0 spiro atoms. The van der Waals surface area contributed by atoms with Gasteiger partial charge in [0.05, 0.1) is 18.9 Å². The van der Waals surface area contributed by atoms with Crippen molar-refractivity contribution in [2.75, 3.05) is 0 Å². The number of aromatic carboxylic acids is 1. The van der Waals surface area contributed by atoms with E-state index in [1.807, 2.05) is 24.3 Å². The van der Waals surface area contributed by atoms with Crippen molar-refractivity contribution < 1.29 is 14.6 Å². The predicted octanol–water partition coefficient (Wildman–Crippen LogP) is 2.65. The molecule has 0 radical (unpaired) electrons. The topological polar surface area (TPSA) is 72.3 Å². The van der Waals surface area contributed by atoms with Gasteiger partial charge in [0.15, 0.2) is 0 Å². The normalized spacial score (nSPS) is 10.4. The van der Waals surface area contributed by atoms with Gasteiger partial charge in [0.2, 0.25) is 0 Å². The number of carboxylic acid groups (broad SMARTS) is 1. The summed E-state index contributed by atoms with van der Waals surface area (Å²) >= 11 is 3.42. The smallest absolute Gasteiger partial charge is 0.339 e. The van der Waals surface area contributed by atoms with Crippen molar-refractivity contribution in [1.29, 1.82) is 0 Å². The van der Waals surface area contributed by atoms with E-state index in [-0.39, 0.29) is 12.2 Å². The second-order valence-electron chi connectivity index (χ2n) is 3.77. The van der Waals surface area contributed by atoms with Gasteiger partial charge in [0.1, 0.15) is 11.9 Å². The zero-order valence-electron chi connectivity index (χ0n) is 9.91. The highest BCUT2D eigenvalue weighted by Crippen LogP contribution is 2.17. The molecule has 0 amide bonds. The fraction of sp³-hybridized carbons (Fsp3) is 0.154. The number of aromatic nitrogens is 2. The number of nitrogens with zero attached hydrogens (tertiary/aromatic N) is 2. The average Bonchev–Trinajstić information content (AvgIpc) is 2.41. The van der Waals surface area contributed by atoms with E-state index in [4.69, 9.17) is 9.84 Å². The molecule has 0 aliphatic carbocycles. The van der Waals surface area contributed by atoms with Gasteiger partial charge >= 0.3 is 5.97 Å². The monoisotopic (exact) mass is 322 g/mol. The van der Waals surface area contributed by atoms with Gasteiger partial charge < -0.3 is 9.84 Å². The number of halogens is 1. The number of carbonyl (C=O) groups is 1. The van der Waals surface area contributed by atoms with Crippen molar-refractivity contribution in [2.24, 2.45) is 0 Å². The zero-order valence-corrected chi connectivity index (χ0v) is 11.5. The van der Waals surface area contributed by atoms with Crippen LogP contribution in [-0.2, 0) is 18.0 Å². The summed E-state index contributed by atoms with van der Waals surface area (Å²) in [6.07, 6.45) is 2.58. The third kappa shape index (κ3) is 3.59. The molecule has 0 bridgehead atoms. The largest absolute Gasteiger partial charge is 0.478 e. The molecule has 0 aliphatic rings. The van der Waals surface area contributed by atoms with Crippen LogP contribution in [-0.4, -0.2) is 21.0 Å². The number of rotatable bonds is 5. The van der Waals surface area contributed by atoms with E-state index in [9.17, 15) is 4.79 Å². The first kappa shape index (κ1) is 13.6. The van der Waals surface area contributed by atoms with Crippen LogP contribution in [0.2, 0.25) is 0 Å². The van der Waals surface area contributed by atoms with Crippen LogP contribution < -0.4 is 0 Å². The summed E-state index contributed by atoms with van der Waals surface area (Å²) in [5.74, 6) is -1.06. The first-order valence-electron chi connectivity index (χ1n) is 5.52. The number of ether oxygens (including phenoxy) is 1. The first-order valence-corrected chi connectivity index (χ1v) is 6.31. The van der Waals surface area contributed by atoms with E-state index in [0.29, 0.717) is 12.3 Å². The van der Waals surface area contributed by atoms with Crippen LogP contribution in [0.15, 0.2) is 41.3 Å². The Labute approximate surface area is 118 Å². The van der Waals surface area contributed by atoms with E-state index >= 15 is 0 Å². The highest BCUT2D eigenvalue weighted by molar-refractivity contribution is 9.10. The minimum atomic E-state index is -1.06. The number of hydrogen-bond acceptors (Lipinski definition) is 4. The van der Waals surface area contributed by atoms with Gasteiger partial charge in [-0.25, -0.2) is 14.8 Å². The zero-order chi connectivity index (χ0) is 13.7. The summed E-state index contributed by atoms with van der Waals surface area (Å²) in [5, 5.41) is 8.98. The standard InChI is InChI=1S/C13H11BrN2O3/c14-11-4-2-1-3-9(11)6-19-7-12-10(13(17)18)5-15-8-16-12/h1-5,8H,6-7H2,(H,17,18). The van der Waals surface area contributed by atoms with Gasteiger partial charge in [-0.1, -0.05) is 34.1 Å². The molecule has 0 fully saturated rings. The molecule has 0 aliphatic heterocycles. The highest BCUT2D eigenvalue weighted by atomic mass is 79.9. The summed E-state index contributed by atoms with van der Waals surface area (Å²) in [5.41, 5.74) is 1.43. The van der Waals surface area contributed by atoms with E-state index in [0.717, 1.165) is 10.0 Å². The summed E-state index contributed by atoms with van der Waals surface area (Å²) in [7, 11) is 0. The van der Waals surface area contributed by atoms with Crippen LogP contribution in [0.1, 0.15) is 21.6 Å². The summed E-state index contributed by atoms with van der Waals surface area (Å²) in [6, 6.07) is 7.69. The molecule has 2 rings (SSSR count). The molecule has 6 heteroatoms. The van der Waals surface area contributed by atoms with Crippen LogP contribution in [0, 0.1) is 0 Å². The van der Waals surface area contributed by atoms with Crippen LogP contribution in [0.3, 0.4) is 0 Å². The summed E-state index contributed by atoms with van der Waals surface area (Å²) in [6.45, 7) is 0.510. The van der Waals surface area contributed by atoms with E-state index in [1.165, 1.54) is 12.5 Å². The maximum absolute atomic E-state index is 11.0. The Bertz CT molecular complexity index is 590. The number of carboxylic acids is 1. The van der Waals surface area contributed by atoms with Crippen molar-refractivity contribution in [3.63, 3.8) is 0 Å². The molecular weight excluding hydrogens is 312 g/mol. The molecule has 0 unspecified atom stereocenters. The van der Waals surface area contributed by atoms with Gasteiger partial charge in [-0.3, -0.25) is 0 Å². The third-order valence-corrected chi connectivity index (χ3v) is 3.25. The Morgan fingerprint density at radius 1 is 1.32 bits per heavy atom. The minimum Gasteiger partial charge on any atom is -0.478 e. The quantitative estimate of drug-likeness (QED) is 0.916. The van der Waals surface area contributed by atoms with Gasteiger partial charge in [-0.05, 0) is 11.6 Å². The van der Waals surface area contributed by atoms with Crippen LogP contribution >= 0.6 is 15.9 Å². The van der Waals surface area contributed by atoms with E-state index in [1.54, 1.807) is 0 Å². The second-order valence-corrected chi connectivity index (χ2v) is 4.63. The fourth-order valence-electron chi connectivity index (χ4n) is 1.52. The highest BCUT2D eigenvalue weighted by Gasteiger charge is 2.11. The third-order valence-electron chi connectivity index (χ3n) is 2.48. The Hall–Kier alpha value is -1.79. The SMILES string of the molecule is O=C(O)c1cncnc1COCc1ccccc1Br. The molecule has 1 aromatic carbocycles. The molecule has 1 aromatic heterocycles. The molecule has 98 valence electrons. The first-order chi connectivity index (χ1) is 9.18. The molecule has 0 atom stereocenters. The predicted molar refractivity (Wildman–Crippen MR) is 71.6 cm³/mol. The lowest BCUT2D eigenvalue weighted by Gasteiger charge is -2.07. The Morgan fingerprint density at radius 2 is 2.11 bits per heavy atom. The Morgan fingerprint density at radius 3 is 2.84 bits per heavy atom. The molecule has 5 nitrogen and oxygen atoms in total. The number of hydrogen-bond donors (Lipinski definition) is 1. The molecule has 1 N–H and O–H groups in total. The van der Waals surface area contributed by atoms with Crippen LogP contribution in [0.5, 0.6) is 0 Å². The molecule has 19 heavy (non-hydrogen) atoms. The average molecular weight is 323 g/mol. The van der Waals surface area contributed by atoms with Gasteiger partial charge in [-0.15, -0.1) is 0 Å². The lowest BCUT2D eigenvalue weighted by atomic mass is 10.2. The van der Waals surface area contributed by atoms with Crippen molar-refractivity contribution in [3.8, 4) is 0 Å². The van der Waals surface area contributed by atoms with Gasteiger partial charge in [0.25, 0.3) is 0 Å². The Balaban J connectivity index is 2.00. The van der Waals surface area contributed by atoms with Gasteiger partial charge in [-0.2, -0.15) is 0 Å². The Kier molecular flexibility index (Phi) is 4.59. The molecule has 1 heterocycles. The van der Waals surface area contributed by atoms with E-state index in [2.05, 4.69) is 25.9 Å². The maximum atomic E-state index is 11.0. The van der Waals surface area contributed by atoms with Crippen molar-refractivity contribution in [3.05, 3.63) is 58.1 Å². The van der Waals surface area contributed by atoms with Crippen LogP contribution in [0.25, 0.3) is 0 Å². The van der Waals surface area contributed by atoms with Crippen LogP contribution in [0.4, 0.5) is 0 Å². The molecule has 0 saturated carbocycles. The minimum absolute atomic E-state index is 0.0645. The summed E-state index contributed by atoms with van der Waals surface area (Å²) in [4.78, 5) is 18.6. The maximum Gasteiger partial charge on any atom is 0.339 e. The van der Waals surface area contributed by atoms with Crippen molar-refractivity contribution in [1.82, 2.24) is 9.97 Å². The molecule has 0 saturated heterocycles. The van der Waals surface area contributed by atoms with E-state index < -0.39 is 5.97 Å². The van der Waals surface area contributed by atoms with Crippen molar-refractivity contribution in [2.45, 2.75) is 13.2 Å². The summed E-state index contributed by atoms with van der Waals surface area (Å²) < 4.78 is 6.45. The number of benzene rings is 1. The van der Waals surface area contributed by atoms with Gasteiger partial charge in [0, 0.05) is 10.7 Å².